The number of rotatable bonds is 8. The number of aromatic amines is 1. The number of fused-ring (bicyclic) bond motifs is 1. The summed E-state index contributed by atoms with van der Waals surface area (Å²) in [6.07, 6.45) is 4.45. The van der Waals surface area contributed by atoms with Crippen LogP contribution in [0.5, 0.6) is 0 Å². The van der Waals surface area contributed by atoms with Crippen molar-refractivity contribution in [3.63, 3.8) is 0 Å². The van der Waals surface area contributed by atoms with E-state index in [1.165, 1.54) is 10.9 Å². The molecule has 0 aliphatic carbocycles. The predicted octanol–water partition coefficient (Wildman–Crippen LogP) is 2.23. The molecule has 1 aromatic heterocycles. The van der Waals surface area contributed by atoms with Crippen LogP contribution in [0.4, 0.5) is 0 Å². The van der Waals surface area contributed by atoms with Crippen LogP contribution < -0.4 is 10.0 Å². The van der Waals surface area contributed by atoms with E-state index in [1.54, 1.807) is 12.1 Å². The van der Waals surface area contributed by atoms with Crippen LogP contribution >= 0.6 is 0 Å². The summed E-state index contributed by atoms with van der Waals surface area (Å²) in [5.74, 6) is -0.115. The van der Waals surface area contributed by atoms with Gasteiger partial charge in [0.15, 0.2) is 0 Å². The number of H-pyrrole nitrogens is 1. The molecule has 0 saturated carbocycles. The highest BCUT2D eigenvalue weighted by atomic mass is 32.2. The van der Waals surface area contributed by atoms with E-state index in [0.717, 1.165) is 23.8 Å². The molecule has 7 heteroatoms. The molecule has 0 bridgehead atoms. The van der Waals surface area contributed by atoms with Gasteiger partial charge in [-0.05, 0) is 42.2 Å². The standard InChI is InChI=1S/C20H23N3O3S/c1-27(25,26)23-13-10-15-6-8-16(9-7-15)20(24)21-12-11-17-14-22-19-5-3-2-4-18(17)19/h2-9,14,22-23H,10-13H2,1H3,(H,21,24). The quantitative estimate of drug-likeness (QED) is 0.555. The fraction of sp³-hybridized carbons (Fsp3) is 0.250. The van der Waals surface area contributed by atoms with E-state index in [-0.39, 0.29) is 5.91 Å². The maximum absolute atomic E-state index is 12.3. The van der Waals surface area contributed by atoms with Crippen molar-refractivity contribution in [1.29, 1.82) is 0 Å². The number of hydrogen-bond donors (Lipinski definition) is 3. The summed E-state index contributed by atoms with van der Waals surface area (Å²) in [6, 6.07) is 15.3. The molecule has 3 aromatic rings. The third-order valence-corrected chi connectivity index (χ3v) is 5.08. The van der Waals surface area contributed by atoms with Gasteiger partial charge < -0.3 is 10.3 Å². The number of para-hydroxylation sites is 1. The van der Waals surface area contributed by atoms with Crippen molar-refractivity contribution in [1.82, 2.24) is 15.0 Å². The van der Waals surface area contributed by atoms with Crippen LogP contribution in [0.1, 0.15) is 21.5 Å². The molecule has 0 atom stereocenters. The van der Waals surface area contributed by atoms with Gasteiger partial charge in [-0.15, -0.1) is 0 Å². The fourth-order valence-corrected chi connectivity index (χ4v) is 3.43. The third kappa shape index (κ3) is 5.42. The number of hydrogen-bond acceptors (Lipinski definition) is 3. The lowest BCUT2D eigenvalue weighted by molar-refractivity contribution is 0.0954. The minimum Gasteiger partial charge on any atom is -0.361 e. The van der Waals surface area contributed by atoms with E-state index in [1.807, 2.05) is 36.5 Å². The highest BCUT2D eigenvalue weighted by molar-refractivity contribution is 7.88. The molecule has 0 aliphatic heterocycles. The Morgan fingerprint density at radius 2 is 1.74 bits per heavy atom. The zero-order valence-corrected chi connectivity index (χ0v) is 16.0. The topological polar surface area (TPSA) is 91.1 Å². The molecule has 6 nitrogen and oxygen atoms in total. The average Bonchev–Trinajstić information content (AvgIpc) is 3.04. The normalized spacial score (nSPS) is 11.6. The third-order valence-electron chi connectivity index (χ3n) is 4.35. The minimum absolute atomic E-state index is 0.115. The number of amides is 1. The second-order valence-electron chi connectivity index (χ2n) is 6.48. The maximum atomic E-state index is 12.3. The summed E-state index contributed by atoms with van der Waals surface area (Å²) in [5.41, 5.74) is 3.84. The molecular weight excluding hydrogens is 362 g/mol. The van der Waals surface area contributed by atoms with E-state index >= 15 is 0 Å². The van der Waals surface area contributed by atoms with Crippen molar-refractivity contribution in [2.75, 3.05) is 19.3 Å². The van der Waals surface area contributed by atoms with Crippen molar-refractivity contribution >= 4 is 26.8 Å². The van der Waals surface area contributed by atoms with Gasteiger partial charge in [-0.25, -0.2) is 13.1 Å². The van der Waals surface area contributed by atoms with Crippen LogP contribution in [-0.4, -0.2) is 38.7 Å². The van der Waals surface area contributed by atoms with Crippen LogP contribution in [0.25, 0.3) is 10.9 Å². The first kappa shape index (κ1) is 19.1. The van der Waals surface area contributed by atoms with E-state index < -0.39 is 10.0 Å². The largest absolute Gasteiger partial charge is 0.361 e. The first-order chi connectivity index (χ1) is 12.9. The van der Waals surface area contributed by atoms with Gasteiger partial charge in [-0.3, -0.25) is 4.79 Å². The molecule has 3 N–H and O–H groups in total. The first-order valence-corrected chi connectivity index (χ1v) is 10.7. The van der Waals surface area contributed by atoms with Gasteiger partial charge in [-0.2, -0.15) is 0 Å². The minimum atomic E-state index is -3.18. The van der Waals surface area contributed by atoms with Gasteiger partial charge in [0.1, 0.15) is 0 Å². The maximum Gasteiger partial charge on any atom is 0.251 e. The van der Waals surface area contributed by atoms with Crippen molar-refractivity contribution in [3.8, 4) is 0 Å². The molecule has 0 saturated heterocycles. The second-order valence-corrected chi connectivity index (χ2v) is 8.31. The Balaban J connectivity index is 1.49. The first-order valence-electron chi connectivity index (χ1n) is 8.79. The smallest absolute Gasteiger partial charge is 0.251 e. The Bertz CT molecular complexity index is 1020. The number of benzene rings is 2. The highest BCUT2D eigenvalue weighted by Gasteiger charge is 2.07. The molecular formula is C20H23N3O3S. The number of nitrogens with one attached hydrogen (secondary N) is 3. The summed E-state index contributed by atoms with van der Waals surface area (Å²) in [6.45, 7) is 0.899. The summed E-state index contributed by atoms with van der Waals surface area (Å²) >= 11 is 0. The number of carbonyl (C=O) groups is 1. The fourth-order valence-electron chi connectivity index (χ4n) is 2.95. The Hall–Kier alpha value is -2.64. The summed E-state index contributed by atoms with van der Waals surface area (Å²) in [4.78, 5) is 15.5. The molecule has 0 aliphatic rings. The van der Waals surface area contributed by atoms with Gasteiger partial charge in [0.25, 0.3) is 5.91 Å². The molecule has 1 amide bonds. The molecule has 142 valence electrons. The van der Waals surface area contributed by atoms with Gasteiger partial charge >= 0.3 is 0 Å². The number of sulfonamides is 1. The Morgan fingerprint density at radius 3 is 2.48 bits per heavy atom. The molecule has 0 fully saturated rings. The molecule has 0 radical (unpaired) electrons. The highest BCUT2D eigenvalue weighted by Crippen LogP contribution is 2.17. The summed E-state index contributed by atoms with van der Waals surface area (Å²) < 4.78 is 24.6. The second kappa shape index (κ2) is 8.37. The molecule has 27 heavy (non-hydrogen) atoms. The zero-order valence-electron chi connectivity index (χ0n) is 15.2. The predicted molar refractivity (Wildman–Crippen MR) is 107 cm³/mol. The molecule has 1 heterocycles. The van der Waals surface area contributed by atoms with E-state index in [0.29, 0.717) is 25.1 Å². The Labute approximate surface area is 159 Å². The summed E-state index contributed by atoms with van der Waals surface area (Å²) in [5, 5.41) is 4.12. The molecule has 2 aromatic carbocycles. The van der Waals surface area contributed by atoms with E-state index in [4.69, 9.17) is 0 Å². The van der Waals surface area contributed by atoms with Crippen LogP contribution in [0, 0.1) is 0 Å². The van der Waals surface area contributed by atoms with Crippen LogP contribution in [0.2, 0.25) is 0 Å². The lowest BCUT2D eigenvalue weighted by Gasteiger charge is -2.07. The molecule has 0 spiro atoms. The number of carbonyl (C=O) groups excluding carboxylic acids is 1. The van der Waals surface area contributed by atoms with Gasteiger partial charge in [-0.1, -0.05) is 30.3 Å². The van der Waals surface area contributed by atoms with Crippen LogP contribution in [0.3, 0.4) is 0 Å². The average molecular weight is 385 g/mol. The van der Waals surface area contributed by atoms with Crippen molar-refractivity contribution in [2.45, 2.75) is 12.8 Å². The molecule has 0 unspecified atom stereocenters. The van der Waals surface area contributed by atoms with Gasteiger partial charge in [0, 0.05) is 35.8 Å². The number of aromatic nitrogens is 1. The van der Waals surface area contributed by atoms with Gasteiger partial charge in [0.05, 0.1) is 6.26 Å². The van der Waals surface area contributed by atoms with Crippen LogP contribution in [-0.2, 0) is 22.9 Å². The zero-order chi connectivity index (χ0) is 19.3. The molecule has 3 rings (SSSR count). The lowest BCUT2D eigenvalue weighted by Crippen LogP contribution is -2.26. The Kier molecular flexibility index (Phi) is 5.93. The van der Waals surface area contributed by atoms with Gasteiger partial charge in [0.2, 0.25) is 10.0 Å². The van der Waals surface area contributed by atoms with Crippen molar-refractivity contribution < 1.29 is 13.2 Å². The summed E-state index contributed by atoms with van der Waals surface area (Å²) in [7, 11) is -3.18. The van der Waals surface area contributed by atoms with Crippen molar-refractivity contribution in [2.24, 2.45) is 0 Å². The SMILES string of the molecule is CS(=O)(=O)NCCc1ccc(C(=O)NCCc2c[nH]c3ccccc23)cc1. The monoisotopic (exact) mass is 385 g/mol. The van der Waals surface area contributed by atoms with Crippen molar-refractivity contribution in [3.05, 3.63) is 71.4 Å². The van der Waals surface area contributed by atoms with E-state index in [9.17, 15) is 13.2 Å². The Morgan fingerprint density at radius 1 is 1.00 bits per heavy atom. The van der Waals surface area contributed by atoms with Crippen LogP contribution in [0.15, 0.2) is 54.7 Å². The lowest BCUT2D eigenvalue weighted by atomic mass is 10.1. The van der Waals surface area contributed by atoms with E-state index in [2.05, 4.69) is 21.1 Å².